The minimum Gasteiger partial charge on any atom is -0.388 e. The summed E-state index contributed by atoms with van der Waals surface area (Å²) in [7, 11) is 0. The molecule has 0 amide bonds. The SMILES string of the molecule is CC(C)c1ccc(CC(O)c2cc(Br)ccc2Cl)cc1. The molecule has 0 heterocycles. The van der Waals surface area contributed by atoms with Gasteiger partial charge in [-0.15, -0.1) is 0 Å². The molecule has 106 valence electrons. The molecular formula is C17H18BrClO. The Labute approximate surface area is 133 Å². The van der Waals surface area contributed by atoms with Crippen LogP contribution in [0, 0.1) is 0 Å². The van der Waals surface area contributed by atoms with Gasteiger partial charge in [0.2, 0.25) is 0 Å². The van der Waals surface area contributed by atoms with Gasteiger partial charge in [-0.3, -0.25) is 0 Å². The second-order valence-corrected chi connectivity index (χ2v) is 6.60. The Morgan fingerprint density at radius 2 is 1.75 bits per heavy atom. The second-order valence-electron chi connectivity index (χ2n) is 5.28. The van der Waals surface area contributed by atoms with E-state index in [1.54, 1.807) is 6.07 Å². The first kappa shape index (κ1) is 15.6. The van der Waals surface area contributed by atoms with E-state index < -0.39 is 6.10 Å². The van der Waals surface area contributed by atoms with Crippen LogP contribution in [0.2, 0.25) is 5.02 Å². The van der Waals surface area contributed by atoms with Crippen LogP contribution in [-0.2, 0) is 6.42 Å². The van der Waals surface area contributed by atoms with Crippen molar-refractivity contribution in [1.82, 2.24) is 0 Å². The first-order chi connectivity index (χ1) is 9.47. The summed E-state index contributed by atoms with van der Waals surface area (Å²) in [6.07, 6.45) is -0.0286. The van der Waals surface area contributed by atoms with Crippen LogP contribution in [0.1, 0.15) is 42.6 Å². The van der Waals surface area contributed by atoms with E-state index in [0.717, 1.165) is 15.6 Å². The predicted molar refractivity (Wildman–Crippen MR) is 88.3 cm³/mol. The van der Waals surface area contributed by atoms with Gasteiger partial charge >= 0.3 is 0 Å². The molecule has 0 saturated heterocycles. The third kappa shape index (κ3) is 3.85. The molecule has 1 N–H and O–H groups in total. The van der Waals surface area contributed by atoms with Crippen LogP contribution in [0.3, 0.4) is 0 Å². The Kier molecular flexibility index (Phi) is 5.25. The monoisotopic (exact) mass is 352 g/mol. The van der Waals surface area contributed by atoms with Crippen LogP contribution in [0.25, 0.3) is 0 Å². The van der Waals surface area contributed by atoms with E-state index in [-0.39, 0.29) is 0 Å². The maximum Gasteiger partial charge on any atom is 0.0845 e. The molecule has 0 aliphatic carbocycles. The summed E-state index contributed by atoms with van der Waals surface area (Å²) in [5, 5.41) is 10.9. The predicted octanol–water partition coefficient (Wildman–Crippen LogP) is 5.50. The molecule has 0 aromatic heterocycles. The van der Waals surface area contributed by atoms with Gasteiger partial charge in [0.05, 0.1) is 6.10 Å². The van der Waals surface area contributed by atoms with E-state index in [1.165, 1.54) is 5.56 Å². The zero-order chi connectivity index (χ0) is 14.7. The molecule has 2 rings (SSSR count). The average molecular weight is 354 g/mol. The molecule has 2 aromatic rings. The summed E-state index contributed by atoms with van der Waals surface area (Å²) in [4.78, 5) is 0. The van der Waals surface area contributed by atoms with Gasteiger partial charge in [-0.25, -0.2) is 0 Å². The van der Waals surface area contributed by atoms with Gasteiger partial charge in [0.15, 0.2) is 0 Å². The lowest BCUT2D eigenvalue weighted by molar-refractivity contribution is 0.178. The van der Waals surface area contributed by atoms with Crippen molar-refractivity contribution in [2.75, 3.05) is 0 Å². The maximum atomic E-state index is 10.4. The van der Waals surface area contributed by atoms with Gasteiger partial charge < -0.3 is 5.11 Å². The first-order valence-corrected chi connectivity index (χ1v) is 7.86. The Balaban J connectivity index is 2.14. The van der Waals surface area contributed by atoms with E-state index in [9.17, 15) is 5.11 Å². The molecule has 1 unspecified atom stereocenters. The molecule has 0 aliphatic heterocycles. The molecule has 1 nitrogen and oxygen atoms in total. The molecule has 0 bridgehead atoms. The van der Waals surface area contributed by atoms with E-state index in [0.29, 0.717) is 17.4 Å². The number of hydrogen-bond donors (Lipinski definition) is 1. The van der Waals surface area contributed by atoms with Crippen molar-refractivity contribution in [1.29, 1.82) is 0 Å². The van der Waals surface area contributed by atoms with E-state index >= 15 is 0 Å². The quantitative estimate of drug-likeness (QED) is 0.769. The Hall–Kier alpha value is -0.830. The number of benzene rings is 2. The summed E-state index contributed by atoms with van der Waals surface area (Å²) in [6, 6.07) is 13.9. The minimum absolute atomic E-state index is 0.522. The highest BCUT2D eigenvalue weighted by molar-refractivity contribution is 9.10. The second kappa shape index (κ2) is 6.75. The third-order valence-corrected chi connectivity index (χ3v) is 4.23. The summed E-state index contributed by atoms with van der Waals surface area (Å²) in [5.41, 5.74) is 3.18. The molecule has 1 atom stereocenters. The van der Waals surface area contributed by atoms with Crippen molar-refractivity contribution >= 4 is 27.5 Å². The largest absolute Gasteiger partial charge is 0.388 e. The van der Waals surface area contributed by atoms with Crippen molar-refractivity contribution in [3.05, 3.63) is 68.7 Å². The highest BCUT2D eigenvalue weighted by Crippen LogP contribution is 2.29. The first-order valence-electron chi connectivity index (χ1n) is 6.69. The van der Waals surface area contributed by atoms with Gasteiger partial charge in [-0.05, 0) is 35.2 Å². The third-order valence-electron chi connectivity index (χ3n) is 3.39. The molecule has 2 aromatic carbocycles. The van der Waals surface area contributed by atoms with Crippen LogP contribution in [0.5, 0.6) is 0 Å². The van der Waals surface area contributed by atoms with Crippen LogP contribution in [-0.4, -0.2) is 5.11 Å². The van der Waals surface area contributed by atoms with Gasteiger partial charge in [0, 0.05) is 21.5 Å². The molecule has 0 saturated carbocycles. The van der Waals surface area contributed by atoms with Crippen LogP contribution >= 0.6 is 27.5 Å². The maximum absolute atomic E-state index is 10.4. The molecular weight excluding hydrogens is 336 g/mol. The van der Waals surface area contributed by atoms with Crippen LogP contribution < -0.4 is 0 Å². The molecule has 0 aliphatic rings. The molecule has 20 heavy (non-hydrogen) atoms. The minimum atomic E-state index is -0.593. The zero-order valence-corrected chi connectivity index (χ0v) is 13.9. The van der Waals surface area contributed by atoms with Gasteiger partial charge in [0.25, 0.3) is 0 Å². The number of rotatable bonds is 4. The number of aliphatic hydroxyl groups is 1. The van der Waals surface area contributed by atoms with Gasteiger partial charge in [0.1, 0.15) is 0 Å². The van der Waals surface area contributed by atoms with Gasteiger partial charge in [-0.2, -0.15) is 0 Å². The van der Waals surface area contributed by atoms with E-state index in [4.69, 9.17) is 11.6 Å². The fourth-order valence-electron chi connectivity index (χ4n) is 2.14. The van der Waals surface area contributed by atoms with Crippen molar-refractivity contribution in [3.8, 4) is 0 Å². The number of hydrogen-bond acceptors (Lipinski definition) is 1. The molecule has 0 fully saturated rings. The number of halogens is 2. The standard InChI is InChI=1S/C17H18BrClO/c1-11(2)13-5-3-12(4-6-13)9-17(20)15-10-14(18)7-8-16(15)19/h3-8,10-11,17,20H,9H2,1-2H3. The lowest BCUT2D eigenvalue weighted by atomic mass is 9.97. The van der Waals surface area contributed by atoms with Crippen LogP contribution in [0.15, 0.2) is 46.9 Å². The normalized spacial score (nSPS) is 12.7. The van der Waals surface area contributed by atoms with Crippen molar-refractivity contribution in [2.45, 2.75) is 32.3 Å². The Morgan fingerprint density at radius 3 is 2.35 bits per heavy atom. The topological polar surface area (TPSA) is 20.2 Å². The zero-order valence-electron chi connectivity index (χ0n) is 11.6. The Bertz CT molecular complexity index is 578. The fourth-order valence-corrected chi connectivity index (χ4v) is 2.76. The number of aliphatic hydroxyl groups excluding tert-OH is 1. The molecule has 0 spiro atoms. The average Bonchev–Trinajstić information content (AvgIpc) is 2.42. The fraction of sp³-hybridized carbons (Fsp3) is 0.294. The van der Waals surface area contributed by atoms with E-state index in [2.05, 4.69) is 54.0 Å². The molecule has 3 heteroatoms. The lowest BCUT2D eigenvalue weighted by Crippen LogP contribution is -2.03. The van der Waals surface area contributed by atoms with Crippen molar-refractivity contribution in [3.63, 3.8) is 0 Å². The summed E-state index contributed by atoms with van der Waals surface area (Å²) in [6.45, 7) is 4.34. The van der Waals surface area contributed by atoms with Crippen molar-refractivity contribution < 1.29 is 5.11 Å². The van der Waals surface area contributed by atoms with Crippen LogP contribution in [0.4, 0.5) is 0 Å². The summed E-state index contributed by atoms with van der Waals surface area (Å²) >= 11 is 9.55. The van der Waals surface area contributed by atoms with Gasteiger partial charge in [-0.1, -0.05) is 65.6 Å². The lowest BCUT2D eigenvalue weighted by Gasteiger charge is -2.14. The van der Waals surface area contributed by atoms with E-state index in [1.807, 2.05) is 12.1 Å². The van der Waals surface area contributed by atoms with Crippen molar-refractivity contribution in [2.24, 2.45) is 0 Å². The summed E-state index contributed by atoms with van der Waals surface area (Å²) < 4.78 is 0.922. The Morgan fingerprint density at radius 1 is 1.10 bits per heavy atom. The molecule has 0 radical (unpaired) electrons. The highest BCUT2D eigenvalue weighted by atomic mass is 79.9. The smallest absolute Gasteiger partial charge is 0.0845 e. The summed E-state index contributed by atoms with van der Waals surface area (Å²) in [5.74, 6) is 0.522. The highest BCUT2D eigenvalue weighted by Gasteiger charge is 2.13.